The summed E-state index contributed by atoms with van der Waals surface area (Å²) in [4.78, 5) is 2.42. The van der Waals surface area contributed by atoms with Gasteiger partial charge in [0.2, 0.25) is 0 Å². The largest absolute Gasteiger partial charge is 0.455 e. The Kier molecular flexibility index (Phi) is 8.76. The molecule has 0 fully saturated rings. The molecule has 14 aromatic rings. The van der Waals surface area contributed by atoms with E-state index in [0.29, 0.717) is 0 Å². The molecule has 0 unspecified atom stereocenters. The monoisotopic (exact) mass is 884 g/mol. The van der Waals surface area contributed by atoms with Crippen LogP contribution >= 0.6 is 11.3 Å². The van der Waals surface area contributed by atoms with E-state index in [-0.39, 0.29) is 0 Å². The summed E-state index contributed by atoms with van der Waals surface area (Å²) in [5.74, 6) is 0. The molecule has 14 rings (SSSR count). The van der Waals surface area contributed by atoms with Crippen molar-refractivity contribution in [2.45, 2.75) is 0 Å². The molecular weight excluding hydrogens is 845 g/mol. The van der Waals surface area contributed by atoms with Crippen molar-refractivity contribution < 1.29 is 4.42 Å². The van der Waals surface area contributed by atoms with Gasteiger partial charge in [-0.3, -0.25) is 0 Å². The van der Waals surface area contributed by atoms with E-state index >= 15 is 0 Å². The molecule has 0 atom stereocenters. The molecule has 318 valence electrons. The number of para-hydroxylation sites is 3. The number of rotatable bonds is 7. The lowest BCUT2D eigenvalue weighted by Crippen LogP contribution is -2.10. The van der Waals surface area contributed by atoms with E-state index < -0.39 is 0 Å². The van der Waals surface area contributed by atoms with Gasteiger partial charge in [0.25, 0.3) is 0 Å². The van der Waals surface area contributed by atoms with E-state index in [4.69, 9.17) is 4.42 Å². The number of hydrogen-bond acceptors (Lipinski definition) is 3. The van der Waals surface area contributed by atoms with E-state index in [2.05, 4.69) is 252 Å². The second kappa shape index (κ2) is 15.5. The van der Waals surface area contributed by atoms with Gasteiger partial charge < -0.3 is 13.9 Å². The highest BCUT2D eigenvalue weighted by Crippen LogP contribution is 2.46. The van der Waals surface area contributed by atoms with Gasteiger partial charge in [0.1, 0.15) is 11.2 Å². The fourth-order valence-electron chi connectivity index (χ4n) is 10.5. The van der Waals surface area contributed by atoms with Gasteiger partial charge in [-0.15, -0.1) is 11.3 Å². The Morgan fingerprint density at radius 2 is 0.926 bits per heavy atom. The van der Waals surface area contributed by atoms with Crippen molar-refractivity contribution in [1.29, 1.82) is 0 Å². The van der Waals surface area contributed by atoms with Gasteiger partial charge in [-0.05, 0) is 130 Å². The zero-order valence-electron chi connectivity index (χ0n) is 36.8. The Balaban J connectivity index is 0.992. The van der Waals surface area contributed by atoms with E-state index in [1.807, 2.05) is 11.3 Å². The lowest BCUT2D eigenvalue weighted by Gasteiger charge is -2.27. The molecule has 0 aliphatic rings. The third-order valence-electron chi connectivity index (χ3n) is 13.7. The van der Waals surface area contributed by atoms with Crippen molar-refractivity contribution >= 4 is 103 Å². The second-order valence-electron chi connectivity index (χ2n) is 17.7. The smallest absolute Gasteiger partial charge is 0.143 e. The van der Waals surface area contributed by atoms with Crippen LogP contribution in [-0.4, -0.2) is 4.57 Å². The molecule has 0 saturated carbocycles. The molecule has 0 aliphatic heterocycles. The predicted octanol–water partition coefficient (Wildman–Crippen LogP) is 18.7. The summed E-state index contributed by atoms with van der Waals surface area (Å²) in [5, 5.41) is 9.67. The molecule has 0 saturated heterocycles. The number of thiophene rings is 1. The first-order valence-corrected chi connectivity index (χ1v) is 24.0. The van der Waals surface area contributed by atoms with E-state index in [1.54, 1.807) is 0 Å². The van der Waals surface area contributed by atoms with Gasteiger partial charge in [-0.1, -0.05) is 152 Å². The molecule has 68 heavy (non-hydrogen) atoms. The van der Waals surface area contributed by atoms with Crippen molar-refractivity contribution in [2.75, 3.05) is 4.90 Å². The minimum absolute atomic E-state index is 0.864. The van der Waals surface area contributed by atoms with E-state index in [0.717, 1.165) is 66.9 Å². The molecule has 3 aromatic heterocycles. The van der Waals surface area contributed by atoms with Gasteiger partial charge in [0, 0.05) is 70.0 Å². The lowest BCUT2D eigenvalue weighted by molar-refractivity contribution is 0.670. The number of nitrogens with zero attached hydrogens (tertiary/aromatic N) is 2. The standard InChI is InChI=1S/C64H40N2OS/c1-2-15-42-34-45(31-30-41(42)14-1)43-16-11-19-48(35-43)65(49-20-12-17-44(36-49)46-32-33-63-57(38-46)55-25-6-10-29-62(55)68-63)51-39-56(64-58(40-51)54-24-5-9-28-61(54)67-64)47-18-13-21-50(37-47)66-59-26-7-3-22-52(59)53-23-4-8-27-60(53)66/h1-40H. The zero-order chi connectivity index (χ0) is 44.7. The van der Waals surface area contributed by atoms with Crippen LogP contribution in [0.5, 0.6) is 0 Å². The van der Waals surface area contributed by atoms with Crippen molar-refractivity contribution in [1.82, 2.24) is 4.57 Å². The van der Waals surface area contributed by atoms with Crippen molar-refractivity contribution in [2.24, 2.45) is 0 Å². The van der Waals surface area contributed by atoms with Crippen LogP contribution in [0.25, 0.3) is 114 Å². The summed E-state index contributed by atoms with van der Waals surface area (Å²) < 4.78 is 11.9. The third-order valence-corrected chi connectivity index (χ3v) is 14.9. The molecule has 0 spiro atoms. The van der Waals surface area contributed by atoms with Gasteiger partial charge >= 0.3 is 0 Å². The first-order valence-electron chi connectivity index (χ1n) is 23.1. The highest BCUT2D eigenvalue weighted by molar-refractivity contribution is 7.25. The number of furan rings is 1. The predicted molar refractivity (Wildman–Crippen MR) is 289 cm³/mol. The molecule has 0 aliphatic carbocycles. The average molecular weight is 885 g/mol. The van der Waals surface area contributed by atoms with E-state index in [9.17, 15) is 0 Å². The van der Waals surface area contributed by atoms with Gasteiger partial charge in [-0.2, -0.15) is 0 Å². The lowest BCUT2D eigenvalue weighted by atomic mass is 9.98. The number of anilines is 3. The Hall–Kier alpha value is -8.70. The summed E-state index contributed by atoms with van der Waals surface area (Å²) in [6, 6.07) is 88.4. The summed E-state index contributed by atoms with van der Waals surface area (Å²) in [7, 11) is 0. The van der Waals surface area contributed by atoms with Crippen LogP contribution in [0.3, 0.4) is 0 Å². The fourth-order valence-corrected chi connectivity index (χ4v) is 11.6. The highest BCUT2D eigenvalue weighted by atomic mass is 32.1. The Morgan fingerprint density at radius 3 is 1.71 bits per heavy atom. The van der Waals surface area contributed by atoms with Crippen LogP contribution in [0.15, 0.2) is 247 Å². The molecule has 4 heteroatoms. The summed E-state index contributed by atoms with van der Waals surface area (Å²) in [6.45, 7) is 0. The Labute approximate surface area is 396 Å². The minimum atomic E-state index is 0.864. The number of fused-ring (bicyclic) bond motifs is 10. The summed E-state index contributed by atoms with van der Waals surface area (Å²) in [5.41, 5.74) is 15.1. The first kappa shape index (κ1) is 38.6. The number of aromatic nitrogens is 1. The topological polar surface area (TPSA) is 21.3 Å². The van der Waals surface area contributed by atoms with Crippen molar-refractivity contribution in [3.63, 3.8) is 0 Å². The molecule has 0 N–H and O–H groups in total. The van der Waals surface area contributed by atoms with Crippen molar-refractivity contribution in [3.05, 3.63) is 243 Å². The van der Waals surface area contributed by atoms with Crippen LogP contribution in [0.2, 0.25) is 0 Å². The SMILES string of the molecule is c1cc(-c2ccc3ccccc3c2)cc(N(c2cccc(-c3ccc4sc5ccccc5c4c3)c2)c2cc(-c3cccc(-n4c5ccccc5c5ccccc54)c3)c3oc4ccccc4c3c2)c1. The normalized spacial score (nSPS) is 11.8. The number of benzene rings is 11. The van der Waals surface area contributed by atoms with Crippen LogP contribution in [-0.2, 0) is 0 Å². The molecule has 3 nitrogen and oxygen atoms in total. The summed E-state index contributed by atoms with van der Waals surface area (Å²) >= 11 is 1.85. The third kappa shape index (κ3) is 6.26. The van der Waals surface area contributed by atoms with E-state index in [1.165, 1.54) is 63.9 Å². The molecule has 11 aromatic carbocycles. The molecular formula is C64H40N2OS. The quantitative estimate of drug-likeness (QED) is 0.159. The fraction of sp³-hybridized carbons (Fsp3) is 0. The molecule has 0 amide bonds. The Morgan fingerprint density at radius 1 is 0.338 bits per heavy atom. The van der Waals surface area contributed by atoms with Crippen molar-refractivity contribution in [3.8, 4) is 39.1 Å². The van der Waals surface area contributed by atoms with Gasteiger partial charge in [0.05, 0.1) is 11.0 Å². The minimum Gasteiger partial charge on any atom is -0.455 e. The first-order chi connectivity index (χ1) is 33.7. The second-order valence-corrected chi connectivity index (χ2v) is 18.8. The maximum absolute atomic E-state index is 6.88. The van der Waals surface area contributed by atoms with Crippen LogP contribution in [0, 0.1) is 0 Å². The average Bonchev–Trinajstić information content (AvgIpc) is 4.08. The maximum Gasteiger partial charge on any atom is 0.143 e. The molecule has 0 radical (unpaired) electrons. The molecule has 0 bridgehead atoms. The van der Waals surface area contributed by atoms with Crippen LogP contribution < -0.4 is 4.90 Å². The summed E-state index contributed by atoms with van der Waals surface area (Å²) in [6.07, 6.45) is 0. The van der Waals surface area contributed by atoms with Gasteiger partial charge in [0.15, 0.2) is 0 Å². The van der Waals surface area contributed by atoms with Crippen LogP contribution in [0.4, 0.5) is 17.1 Å². The zero-order valence-corrected chi connectivity index (χ0v) is 37.6. The maximum atomic E-state index is 6.88. The van der Waals surface area contributed by atoms with Crippen LogP contribution in [0.1, 0.15) is 0 Å². The van der Waals surface area contributed by atoms with Gasteiger partial charge in [-0.25, -0.2) is 0 Å². The molecule has 3 heterocycles. The Bertz CT molecular complexity index is 4250. The number of hydrogen-bond donors (Lipinski definition) is 0. The highest BCUT2D eigenvalue weighted by Gasteiger charge is 2.22.